The van der Waals surface area contributed by atoms with Crippen LogP contribution >= 0.6 is 0 Å². The van der Waals surface area contributed by atoms with Crippen LogP contribution in [0.25, 0.3) is 0 Å². The van der Waals surface area contributed by atoms with Crippen LogP contribution in [-0.2, 0) is 37.1 Å². The van der Waals surface area contributed by atoms with E-state index in [9.17, 15) is 65.9 Å². The molecule has 0 N–H and O–H groups in total. The van der Waals surface area contributed by atoms with Gasteiger partial charge in [0.15, 0.2) is 0 Å². The zero-order valence-corrected chi connectivity index (χ0v) is 36.9. The fraction of sp³-hybridized carbons (Fsp3) is 0.591. The highest BCUT2D eigenvalue weighted by Gasteiger charge is 2.48. The third-order valence-corrected chi connectivity index (χ3v) is 11.5. The molecule has 67 heavy (non-hydrogen) atoms. The smallest absolute Gasteiger partial charge is 0.490 e. The first-order valence-electron chi connectivity index (χ1n) is 21.6. The maximum atomic E-state index is 15.3. The van der Waals surface area contributed by atoms with Crippen molar-refractivity contribution >= 4 is 7.32 Å². The molecule has 0 aliphatic rings. The van der Waals surface area contributed by atoms with E-state index in [1.807, 2.05) is 0 Å². The molecule has 378 valence electrons. The first-order valence-corrected chi connectivity index (χ1v) is 21.6. The second-order valence-corrected chi connectivity index (χ2v) is 16.1. The van der Waals surface area contributed by atoms with Crippen molar-refractivity contribution in [2.75, 3.05) is 19.6 Å². The molecule has 3 aromatic carbocycles. The molecule has 0 saturated carbocycles. The molecule has 3 aromatic rings. The fourth-order valence-corrected chi connectivity index (χ4v) is 7.88. The minimum atomic E-state index is -5.64. The summed E-state index contributed by atoms with van der Waals surface area (Å²) in [7, 11) is -3.27. The van der Waals surface area contributed by atoms with E-state index in [0.29, 0.717) is 12.8 Å². The zero-order valence-electron chi connectivity index (χ0n) is 36.9. The fourth-order valence-electron chi connectivity index (χ4n) is 7.88. The topological polar surface area (TPSA) is 27.7 Å². The number of benzene rings is 3. The van der Waals surface area contributed by atoms with Gasteiger partial charge in [0.1, 0.15) is 23.3 Å². The lowest BCUT2D eigenvalue weighted by Gasteiger charge is -2.44. The number of halogens is 18. The summed E-state index contributed by atoms with van der Waals surface area (Å²) in [6.07, 6.45) is -24.7. The van der Waals surface area contributed by atoms with E-state index in [1.54, 1.807) is 20.8 Å². The van der Waals surface area contributed by atoms with Crippen LogP contribution in [0.3, 0.4) is 0 Å². The summed E-state index contributed by atoms with van der Waals surface area (Å²) in [5.41, 5.74) is -13.4. The van der Waals surface area contributed by atoms with Crippen LogP contribution in [-0.4, -0.2) is 31.4 Å². The molecule has 0 aliphatic carbocycles. The van der Waals surface area contributed by atoms with Gasteiger partial charge in [-0.15, -0.1) is 0 Å². The van der Waals surface area contributed by atoms with E-state index in [-0.39, 0.29) is 73.4 Å². The van der Waals surface area contributed by atoms with Gasteiger partial charge in [0.25, 0.3) is 0 Å². The number of quaternary nitrogens is 1. The van der Waals surface area contributed by atoms with Gasteiger partial charge in [-0.2, -0.15) is 79.0 Å². The number of hydrogen-bond donors (Lipinski definition) is 0. The summed E-state index contributed by atoms with van der Waals surface area (Å²) >= 11 is 0. The van der Waals surface area contributed by atoms with Crippen LogP contribution < -0.4 is 14.0 Å². The summed E-state index contributed by atoms with van der Waals surface area (Å²) in [5.74, 6) is -4.58. The van der Waals surface area contributed by atoms with Crippen LogP contribution in [0, 0.1) is 0 Å². The molecule has 23 heteroatoms. The van der Waals surface area contributed by atoms with Crippen molar-refractivity contribution in [2.24, 2.45) is 0 Å². The molecule has 1 atom stereocenters. The summed E-state index contributed by atoms with van der Waals surface area (Å²) in [5, 5.41) is 0. The predicted octanol–water partition coefficient (Wildman–Crippen LogP) is 16.9. The monoisotopic (exact) mass is 994 g/mol. The number of unbranched alkanes of at least 4 members (excludes halogenated alkanes) is 10. The summed E-state index contributed by atoms with van der Waals surface area (Å²) in [6.45, 7) is 6.92. The van der Waals surface area contributed by atoms with Gasteiger partial charge < -0.3 is 18.4 Å². The molecule has 1 unspecified atom stereocenters. The van der Waals surface area contributed by atoms with Crippen molar-refractivity contribution in [3.63, 3.8) is 0 Å². The van der Waals surface area contributed by atoms with Crippen LogP contribution in [0.5, 0.6) is 17.2 Å². The highest BCUT2D eigenvalue weighted by atomic mass is 19.4. The average molecular weight is 995 g/mol. The zero-order chi connectivity index (χ0) is 50.8. The van der Waals surface area contributed by atoms with Gasteiger partial charge in [0, 0.05) is 6.42 Å². The van der Waals surface area contributed by atoms with Crippen molar-refractivity contribution in [3.8, 4) is 17.2 Å². The Morgan fingerprint density at radius 1 is 0.403 bits per heavy atom. The van der Waals surface area contributed by atoms with Crippen LogP contribution in [0.2, 0.25) is 0 Å². The number of hydrogen-bond acceptors (Lipinski definition) is 3. The highest BCUT2D eigenvalue weighted by molar-refractivity contribution is 6.39. The summed E-state index contributed by atoms with van der Waals surface area (Å²) in [6, 6.07) is -3.02. The van der Waals surface area contributed by atoms with E-state index in [4.69, 9.17) is 14.0 Å². The van der Waals surface area contributed by atoms with Gasteiger partial charge in [-0.3, -0.25) is 0 Å². The van der Waals surface area contributed by atoms with Gasteiger partial charge in [0.05, 0.1) is 58.6 Å². The Bertz CT molecular complexity index is 1870. The van der Waals surface area contributed by atoms with E-state index in [1.165, 1.54) is 0 Å². The maximum absolute atomic E-state index is 15.3. The molecule has 0 aliphatic heterocycles. The van der Waals surface area contributed by atoms with Crippen molar-refractivity contribution in [3.05, 3.63) is 87.5 Å². The molecule has 0 bridgehead atoms. The number of alkyl halides is 18. The van der Waals surface area contributed by atoms with Crippen LogP contribution in [0.1, 0.15) is 150 Å². The standard InChI is InChI=1S/C44H51BF18NO3/c1-5-9-10-11-12-13-14-15-16-17-18-19-36(64(6-2,7-3)8-4)38-35(44(61,62)63)26-32(43(58,59)60)27-37(38)67-45(65-33-22-28(39(46,47)48)20-29(23-33)40(49,50)51)66-34-24-30(41(52,53)54)21-31(25-34)42(55,56)57/h20-27,36H,5-19H2,1-4H3/q+1. The quantitative estimate of drug-likeness (QED) is 0.0410. The minimum absolute atomic E-state index is 0.00796. The Balaban J connectivity index is 2.37. The Morgan fingerprint density at radius 2 is 0.731 bits per heavy atom. The van der Waals surface area contributed by atoms with Gasteiger partial charge in [-0.1, -0.05) is 71.1 Å². The van der Waals surface area contributed by atoms with Gasteiger partial charge >= 0.3 is 44.4 Å². The largest absolute Gasteiger partial charge is 0.864 e. The molecule has 0 fully saturated rings. The Hall–Kier alpha value is -4.18. The molecular weight excluding hydrogens is 943 g/mol. The molecular formula is C44H51BF18NO3+. The lowest BCUT2D eigenvalue weighted by molar-refractivity contribution is -0.953. The minimum Gasteiger partial charge on any atom is -0.490 e. The predicted molar refractivity (Wildman–Crippen MR) is 213 cm³/mol. The van der Waals surface area contributed by atoms with Crippen LogP contribution in [0.4, 0.5) is 79.0 Å². The van der Waals surface area contributed by atoms with E-state index in [2.05, 4.69) is 6.92 Å². The first kappa shape index (κ1) is 57.1. The van der Waals surface area contributed by atoms with Crippen molar-refractivity contribution in [1.82, 2.24) is 0 Å². The molecule has 0 spiro atoms. The average Bonchev–Trinajstić information content (AvgIpc) is 3.20. The molecule has 4 nitrogen and oxygen atoms in total. The maximum Gasteiger partial charge on any atom is 0.864 e. The molecule has 0 radical (unpaired) electrons. The summed E-state index contributed by atoms with van der Waals surface area (Å²) in [4.78, 5) is 0. The van der Waals surface area contributed by atoms with E-state index >= 15 is 13.2 Å². The molecule has 0 aromatic heterocycles. The molecule has 0 heterocycles. The normalized spacial score (nSPS) is 13.8. The third-order valence-electron chi connectivity index (χ3n) is 11.5. The number of nitrogens with zero attached hydrogens (tertiary/aromatic N) is 1. The van der Waals surface area contributed by atoms with Crippen molar-refractivity contribution in [2.45, 2.75) is 148 Å². The lowest BCUT2D eigenvalue weighted by atomic mass is 9.89. The summed E-state index contributed by atoms with van der Waals surface area (Å²) < 4.78 is 271. The highest BCUT2D eigenvalue weighted by Crippen LogP contribution is 2.49. The van der Waals surface area contributed by atoms with E-state index < -0.39 is 119 Å². The van der Waals surface area contributed by atoms with Crippen molar-refractivity contribution < 1.29 is 97.5 Å². The SMILES string of the molecule is CCCCCCCCCCCCCC(c1c(OB(Oc2cc(C(F)(F)F)cc(C(F)(F)F)c2)Oc2cc(C(F)(F)F)cc(C(F)(F)F)c2)cc(C(F)(F)F)cc1C(F)(F)F)[N+](CC)(CC)CC. The Kier molecular flexibility index (Phi) is 19.6. The Labute approximate surface area is 376 Å². The first-order chi connectivity index (χ1) is 30.8. The van der Waals surface area contributed by atoms with Crippen molar-refractivity contribution in [1.29, 1.82) is 0 Å². The van der Waals surface area contributed by atoms with Gasteiger partial charge in [-0.25, -0.2) is 0 Å². The second kappa shape index (κ2) is 23.0. The molecule has 3 rings (SSSR count). The molecule has 0 saturated heterocycles. The lowest BCUT2D eigenvalue weighted by Crippen LogP contribution is -2.51. The van der Waals surface area contributed by atoms with Gasteiger partial charge in [-0.05, 0) is 75.7 Å². The third kappa shape index (κ3) is 16.5. The Morgan fingerprint density at radius 3 is 1.04 bits per heavy atom. The van der Waals surface area contributed by atoms with Crippen LogP contribution in [0.15, 0.2) is 48.5 Å². The molecule has 0 amide bonds. The van der Waals surface area contributed by atoms with Gasteiger partial charge in [0.2, 0.25) is 0 Å². The second-order valence-electron chi connectivity index (χ2n) is 16.1. The van der Waals surface area contributed by atoms with E-state index in [0.717, 1.165) is 51.4 Å². The number of rotatable bonds is 23.